The summed E-state index contributed by atoms with van der Waals surface area (Å²) in [5.41, 5.74) is 8.03. The number of nitrogens with two attached hydrogens (primary N) is 1. The van der Waals surface area contributed by atoms with E-state index in [1.54, 1.807) is 12.1 Å². The van der Waals surface area contributed by atoms with Gasteiger partial charge in [0.2, 0.25) is 11.8 Å². The van der Waals surface area contributed by atoms with Gasteiger partial charge in [-0.15, -0.1) is 0 Å². The maximum atomic E-state index is 11.7. The summed E-state index contributed by atoms with van der Waals surface area (Å²) in [5.74, 6) is 0.407. The normalized spacial score (nSPS) is 15.6. The van der Waals surface area contributed by atoms with Crippen molar-refractivity contribution >= 4 is 11.9 Å². The van der Waals surface area contributed by atoms with Crippen LogP contribution in [0.15, 0.2) is 36.5 Å². The highest BCUT2D eigenvalue weighted by Gasteiger charge is 2.21. The number of carbonyl (C=O) groups excluding carboxylic acids is 2. The van der Waals surface area contributed by atoms with Crippen LogP contribution in [0.3, 0.4) is 0 Å². The Balaban J connectivity index is 1.61. The molecule has 1 heterocycles. The first kappa shape index (κ1) is 20.8. The molecule has 1 atom stereocenters. The number of aromatic nitrogens is 1. The number of benzene rings is 1. The highest BCUT2D eigenvalue weighted by molar-refractivity contribution is 5.92. The van der Waals surface area contributed by atoms with E-state index in [2.05, 4.69) is 16.4 Å². The number of primary amides is 1. The average Bonchev–Trinajstić information content (AvgIpc) is 2.68. The molecule has 3 rings (SSSR count). The number of hydrogen-bond donors (Lipinski definition) is 2. The van der Waals surface area contributed by atoms with Crippen LogP contribution in [-0.4, -0.2) is 29.5 Å². The molecular formula is C22H27N3O4. The fraction of sp³-hybridized carbons (Fsp3) is 0.409. The van der Waals surface area contributed by atoms with Crippen molar-refractivity contribution in [2.75, 3.05) is 6.54 Å². The number of aryl methyl sites for hydroxylation is 1. The van der Waals surface area contributed by atoms with Gasteiger partial charge in [-0.3, -0.25) is 9.59 Å². The number of pyridine rings is 1. The van der Waals surface area contributed by atoms with Crippen LogP contribution in [0.4, 0.5) is 0 Å². The van der Waals surface area contributed by atoms with Crippen molar-refractivity contribution in [3.63, 3.8) is 0 Å². The molecule has 1 aliphatic carbocycles. The summed E-state index contributed by atoms with van der Waals surface area (Å²) < 4.78 is 11.0. The molecule has 2 aromatic rings. The molecule has 1 aliphatic rings. The number of hydrogen-bond acceptors (Lipinski definition) is 6. The van der Waals surface area contributed by atoms with Gasteiger partial charge in [0.1, 0.15) is 5.75 Å². The second-order valence-electron chi connectivity index (χ2n) is 7.40. The van der Waals surface area contributed by atoms with Crippen molar-refractivity contribution in [1.29, 1.82) is 0 Å². The van der Waals surface area contributed by atoms with Crippen LogP contribution >= 0.6 is 0 Å². The van der Waals surface area contributed by atoms with Crippen LogP contribution in [0.2, 0.25) is 0 Å². The van der Waals surface area contributed by atoms with Crippen LogP contribution in [0.25, 0.3) is 0 Å². The zero-order valence-corrected chi connectivity index (χ0v) is 16.8. The lowest BCUT2D eigenvalue weighted by molar-refractivity contribution is -0.147. The first-order valence-electron chi connectivity index (χ1n) is 9.92. The van der Waals surface area contributed by atoms with Gasteiger partial charge < -0.3 is 20.5 Å². The van der Waals surface area contributed by atoms with Crippen LogP contribution < -0.4 is 15.8 Å². The molecule has 7 nitrogen and oxygen atoms in total. The van der Waals surface area contributed by atoms with E-state index in [-0.39, 0.29) is 18.1 Å². The number of fused-ring (bicyclic) bond motifs is 1. The predicted octanol–water partition coefficient (Wildman–Crippen LogP) is 3.28. The molecule has 1 amide bonds. The summed E-state index contributed by atoms with van der Waals surface area (Å²) in [4.78, 5) is 27.0. The molecule has 29 heavy (non-hydrogen) atoms. The molecule has 0 radical (unpaired) electrons. The van der Waals surface area contributed by atoms with E-state index in [4.69, 9.17) is 15.2 Å². The van der Waals surface area contributed by atoms with E-state index in [9.17, 15) is 9.59 Å². The standard InChI is InChI=1S/C22H27N3O4/c1-14(2)28-21(26)10-11-24-19-5-3-4-15-12-17(7-8-18(15)19)29-20-9-6-16(13-25-20)22(23)27/h6-9,12-14,19,24H,3-5,10-11H2,1-2H3,(H2,23,27). The monoisotopic (exact) mass is 397 g/mol. The molecule has 154 valence electrons. The number of ether oxygens (including phenoxy) is 2. The van der Waals surface area contributed by atoms with E-state index in [0.29, 0.717) is 30.2 Å². The summed E-state index contributed by atoms with van der Waals surface area (Å²) in [7, 11) is 0. The number of amides is 1. The highest BCUT2D eigenvalue weighted by atomic mass is 16.5. The van der Waals surface area contributed by atoms with Gasteiger partial charge in [-0.25, -0.2) is 4.98 Å². The Labute approximate surface area is 170 Å². The molecule has 0 aliphatic heterocycles. The molecular weight excluding hydrogens is 370 g/mol. The molecule has 0 spiro atoms. The third-order valence-corrected chi connectivity index (χ3v) is 4.76. The Kier molecular flexibility index (Phi) is 6.82. The van der Waals surface area contributed by atoms with Gasteiger partial charge in [-0.2, -0.15) is 0 Å². The lowest BCUT2D eigenvalue weighted by Crippen LogP contribution is -2.28. The second kappa shape index (κ2) is 9.52. The van der Waals surface area contributed by atoms with Gasteiger partial charge in [-0.05, 0) is 62.4 Å². The Morgan fingerprint density at radius 3 is 2.79 bits per heavy atom. The average molecular weight is 397 g/mol. The molecule has 0 bridgehead atoms. The smallest absolute Gasteiger partial charge is 0.307 e. The van der Waals surface area contributed by atoms with Crippen LogP contribution in [-0.2, 0) is 16.0 Å². The lowest BCUT2D eigenvalue weighted by Gasteiger charge is -2.27. The van der Waals surface area contributed by atoms with Crippen molar-refractivity contribution in [2.24, 2.45) is 5.73 Å². The minimum Gasteiger partial charge on any atom is -0.463 e. The summed E-state index contributed by atoms with van der Waals surface area (Å²) >= 11 is 0. The van der Waals surface area contributed by atoms with Crippen molar-refractivity contribution in [3.8, 4) is 11.6 Å². The van der Waals surface area contributed by atoms with E-state index in [0.717, 1.165) is 19.3 Å². The van der Waals surface area contributed by atoms with Gasteiger partial charge in [0, 0.05) is 24.8 Å². The topological polar surface area (TPSA) is 104 Å². The second-order valence-corrected chi connectivity index (χ2v) is 7.40. The first-order valence-corrected chi connectivity index (χ1v) is 9.92. The molecule has 0 fully saturated rings. The molecule has 7 heteroatoms. The Bertz CT molecular complexity index is 865. The van der Waals surface area contributed by atoms with Crippen molar-refractivity contribution in [2.45, 2.75) is 51.7 Å². The minimum atomic E-state index is -0.520. The summed E-state index contributed by atoms with van der Waals surface area (Å²) in [5, 5.41) is 3.47. The van der Waals surface area contributed by atoms with Crippen LogP contribution in [0, 0.1) is 0 Å². The maximum absolute atomic E-state index is 11.7. The van der Waals surface area contributed by atoms with E-state index >= 15 is 0 Å². The maximum Gasteiger partial charge on any atom is 0.307 e. The lowest BCUT2D eigenvalue weighted by atomic mass is 9.87. The number of rotatable bonds is 8. The first-order chi connectivity index (χ1) is 13.9. The van der Waals surface area contributed by atoms with Gasteiger partial charge in [0.25, 0.3) is 0 Å². The number of nitrogens with zero attached hydrogens (tertiary/aromatic N) is 1. The van der Waals surface area contributed by atoms with Crippen molar-refractivity contribution in [1.82, 2.24) is 10.3 Å². The molecule has 3 N–H and O–H groups in total. The highest BCUT2D eigenvalue weighted by Crippen LogP contribution is 2.33. The number of esters is 1. The van der Waals surface area contributed by atoms with Gasteiger partial charge in [0.05, 0.1) is 18.1 Å². The van der Waals surface area contributed by atoms with Gasteiger partial charge in [-0.1, -0.05) is 6.07 Å². The molecule has 1 unspecified atom stereocenters. The van der Waals surface area contributed by atoms with Crippen LogP contribution in [0.5, 0.6) is 11.6 Å². The Morgan fingerprint density at radius 2 is 2.10 bits per heavy atom. The largest absolute Gasteiger partial charge is 0.463 e. The molecule has 0 saturated heterocycles. The quantitative estimate of drug-likeness (QED) is 0.663. The minimum absolute atomic E-state index is 0.0854. The molecule has 1 aromatic heterocycles. The van der Waals surface area contributed by atoms with Gasteiger partial charge >= 0.3 is 5.97 Å². The molecule has 1 aromatic carbocycles. The number of carbonyl (C=O) groups is 2. The zero-order chi connectivity index (χ0) is 20.8. The zero-order valence-electron chi connectivity index (χ0n) is 16.8. The van der Waals surface area contributed by atoms with E-state index in [1.165, 1.54) is 17.3 Å². The third kappa shape index (κ3) is 5.77. The van der Waals surface area contributed by atoms with E-state index < -0.39 is 5.91 Å². The summed E-state index contributed by atoms with van der Waals surface area (Å²) in [6, 6.07) is 9.43. The fourth-order valence-corrected chi connectivity index (χ4v) is 3.44. The van der Waals surface area contributed by atoms with E-state index in [1.807, 2.05) is 26.0 Å². The molecule has 0 saturated carbocycles. The summed E-state index contributed by atoms with van der Waals surface area (Å²) in [6.07, 6.45) is 4.75. The van der Waals surface area contributed by atoms with Crippen molar-refractivity contribution < 1.29 is 19.1 Å². The van der Waals surface area contributed by atoms with Crippen LogP contribution in [0.1, 0.15) is 60.6 Å². The number of nitrogens with one attached hydrogen (secondary N) is 1. The predicted molar refractivity (Wildman–Crippen MR) is 109 cm³/mol. The SMILES string of the molecule is CC(C)OC(=O)CCNC1CCCc2cc(Oc3ccc(C(N)=O)cn3)ccc21. The Hall–Kier alpha value is -2.93. The third-order valence-electron chi connectivity index (χ3n) is 4.76. The fourth-order valence-electron chi connectivity index (χ4n) is 3.44. The Morgan fingerprint density at radius 1 is 1.28 bits per heavy atom. The van der Waals surface area contributed by atoms with Crippen molar-refractivity contribution in [3.05, 3.63) is 53.2 Å². The van der Waals surface area contributed by atoms with Gasteiger partial charge in [0.15, 0.2) is 0 Å². The summed E-state index contributed by atoms with van der Waals surface area (Å²) in [6.45, 7) is 4.29.